The lowest BCUT2D eigenvalue weighted by Gasteiger charge is -2.36. The van der Waals surface area contributed by atoms with Crippen LogP contribution in [-0.4, -0.2) is 26.1 Å². The summed E-state index contributed by atoms with van der Waals surface area (Å²) < 4.78 is 0.900. The fourth-order valence-electron chi connectivity index (χ4n) is 1.19. The molecule has 1 aliphatic carbocycles. The Bertz CT molecular complexity index is 389. The molecule has 1 unspecified atom stereocenters. The third-order valence-electron chi connectivity index (χ3n) is 2.18. The van der Waals surface area contributed by atoms with Gasteiger partial charge in [-0.3, -0.25) is 4.79 Å². The van der Waals surface area contributed by atoms with E-state index in [0.717, 1.165) is 0 Å². The number of carbonyl (C=O) groups excluding carboxylic acids is 1. The molecule has 0 fully saturated rings. The molecule has 0 heterocycles. The van der Waals surface area contributed by atoms with E-state index in [9.17, 15) is 4.79 Å². The van der Waals surface area contributed by atoms with Crippen LogP contribution < -0.4 is 0 Å². The highest BCUT2D eigenvalue weighted by Gasteiger charge is 2.70. The van der Waals surface area contributed by atoms with Crippen molar-refractivity contribution in [2.24, 2.45) is 0 Å². The van der Waals surface area contributed by atoms with Crippen LogP contribution in [-0.2, 0) is 9.53 Å². The quantitative estimate of drug-likeness (QED) is 0.517. The monoisotopic (exact) mass is 378 g/mol. The molecule has 0 N–H and O–H groups in total. The van der Waals surface area contributed by atoms with Crippen molar-refractivity contribution in [3.8, 4) is 0 Å². The predicted molar refractivity (Wildman–Crippen MR) is 72.8 cm³/mol. The Morgan fingerprint density at radius 2 is 1.59 bits per heavy atom. The molecule has 0 aromatic rings. The van der Waals surface area contributed by atoms with Gasteiger partial charge in [-0.25, -0.2) is 0 Å². The smallest absolute Gasteiger partial charge is 0.302 e. The van der Waals surface area contributed by atoms with Crippen LogP contribution in [0.15, 0.2) is 10.1 Å². The number of carbonyl (C=O) groups is 1. The average molecular weight is 381 g/mol. The molecular weight excluding hydrogens is 376 g/mol. The van der Waals surface area contributed by atoms with E-state index in [1.165, 1.54) is 6.92 Å². The molecule has 1 atom stereocenters. The fourth-order valence-corrected chi connectivity index (χ4v) is 3.56. The van der Waals surface area contributed by atoms with Crippen LogP contribution in [0.25, 0.3) is 0 Å². The fraction of sp³-hybridized carbons (Fsp3) is 0.625. The van der Waals surface area contributed by atoms with Crippen molar-refractivity contribution in [3.05, 3.63) is 10.1 Å². The second-order valence-electron chi connectivity index (χ2n) is 3.36. The van der Waals surface area contributed by atoms with E-state index in [1.54, 1.807) is 0 Å². The molecule has 0 saturated heterocycles. The van der Waals surface area contributed by atoms with Crippen LogP contribution in [0.5, 0.6) is 0 Å². The van der Waals surface area contributed by atoms with Crippen LogP contribution in [0.1, 0.15) is 6.92 Å². The third-order valence-corrected chi connectivity index (χ3v) is 6.87. The number of halogens is 7. The van der Waals surface area contributed by atoms with Crippen LogP contribution >= 0.6 is 81.2 Å². The minimum atomic E-state index is -1.95. The summed E-state index contributed by atoms with van der Waals surface area (Å²) in [6, 6.07) is 0. The summed E-state index contributed by atoms with van der Waals surface area (Å²) in [5.74, 6) is -0.587. The van der Waals surface area contributed by atoms with Crippen molar-refractivity contribution in [1.29, 1.82) is 0 Å². The molecule has 2 nitrogen and oxygen atoms in total. The molecule has 17 heavy (non-hydrogen) atoms. The maximum atomic E-state index is 10.8. The van der Waals surface area contributed by atoms with Crippen molar-refractivity contribution in [3.63, 3.8) is 0 Å². The number of hydrogen-bond donors (Lipinski definition) is 0. The number of ether oxygens (including phenoxy) is 1. The molecule has 98 valence electrons. The lowest BCUT2D eigenvalue weighted by atomic mass is 10.1. The van der Waals surface area contributed by atoms with Gasteiger partial charge in [-0.15, -0.1) is 11.6 Å². The first-order chi connectivity index (χ1) is 7.48. The lowest BCUT2D eigenvalue weighted by molar-refractivity contribution is -0.141. The largest absolute Gasteiger partial charge is 0.463 e. The van der Waals surface area contributed by atoms with Crippen molar-refractivity contribution in [2.45, 2.75) is 20.5 Å². The summed E-state index contributed by atoms with van der Waals surface area (Å²) in [6.45, 7) is 0.778. The van der Waals surface area contributed by atoms with E-state index in [4.69, 9.17) is 85.9 Å². The Kier molecular flexibility index (Phi) is 4.77. The van der Waals surface area contributed by atoms with Gasteiger partial charge in [0.15, 0.2) is 13.5 Å². The molecule has 9 heteroatoms. The Morgan fingerprint density at radius 1 is 1.12 bits per heavy atom. The summed E-state index contributed by atoms with van der Waals surface area (Å²) in [7, 11) is 0. The molecule has 0 saturated carbocycles. The van der Waals surface area contributed by atoms with E-state index >= 15 is 0 Å². The van der Waals surface area contributed by atoms with Gasteiger partial charge < -0.3 is 4.74 Å². The van der Waals surface area contributed by atoms with Crippen LogP contribution in [0.3, 0.4) is 0 Å². The molecule has 0 spiro atoms. The Balaban J connectivity index is 3.20. The Morgan fingerprint density at radius 3 is 1.88 bits per heavy atom. The number of allylic oxidation sites excluding steroid dienone is 1. The average Bonchev–Trinajstić information content (AvgIpc) is 2.29. The number of hydrogen-bond acceptors (Lipinski definition) is 2. The molecule has 0 aliphatic heterocycles. The normalized spacial score (nSPS) is 30.6. The van der Waals surface area contributed by atoms with Crippen molar-refractivity contribution >= 4 is 87.2 Å². The highest BCUT2D eigenvalue weighted by molar-refractivity contribution is 6.72. The topological polar surface area (TPSA) is 26.3 Å². The van der Waals surface area contributed by atoms with Gasteiger partial charge in [0.1, 0.15) is 6.61 Å². The molecular formula is C8H5Cl7O2. The SMILES string of the molecule is CC(=O)OCC1(Cl)C(Cl)=C(Cl)C(Cl)(Cl)C1(Cl)Cl. The molecule has 1 rings (SSSR count). The minimum absolute atomic E-state index is 0.155. The summed E-state index contributed by atoms with van der Waals surface area (Å²) in [4.78, 5) is 9.07. The molecule has 0 bridgehead atoms. The number of esters is 1. The van der Waals surface area contributed by atoms with E-state index in [1.807, 2.05) is 0 Å². The summed E-state index contributed by atoms with van der Waals surface area (Å²) >= 11 is 41.7. The van der Waals surface area contributed by atoms with Crippen LogP contribution in [0.2, 0.25) is 0 Å². The van der Waals surface area contributed by atoms with Gasteiger partial charge in [-0.1, -0.05) is 69.6 Å². The maximum absolute atomic E-state index is 10.8. The zero-order valence-electron chi connectivity index (χ0n) is 8.17. The van der Waals surface area contributed by atoms with Gasteiger partial charge in [0, 0.05) is 6.92 Å². The highest BCUT2D eigenvalue weighted by Crippen LogP contribution is 2.66. The first-order valence-electron chi connectivity index (χ1n) is 4.12. The minimum Gasteiger partial charge on any atom is -0.463 e. The summed E-state index contributed by atoms with van der Waals surface area (Å²) in [6.07, 6.45) is 0. The molecule has 0 radical (unpaired) electrons. The maximum Gasteiger partial charge on any atom is 0.302 e. The van der Waals surface area contributed by atoms with Gasteiger partial charge in [0.2, 0.25) is 0 Å². The Hall–Kier alpha value is 1.24. The van der Waals surface area contributed by atoms with E-state index in [-0.39, 0.29) is 10.1 Å². The van der Waals surface area contributed by atoms with Crippen molar-refractivity contribution in [2.75, 3.05) is 6.61 Å². The van der Waals surface area contributed by atoms with E-state index in [2.05, 4.69) is 0 Å². The zero-order valence-corrected chi connectivity index (χ0v) is 13.5. The van der Waals surface area contributed by atoms with Crippen LogP contribution in [0, 0.1) is 0 Å². The van der Waals surface area contributed by atoms with Crippen molar-refractivity contribution < 1.29 is 9.53 Å². The van der Waals surface area contributed by atoms with Gasteiger partial charge in [0.05, 0.1) is 10.1 Å². The Labute approximate surface area is 133 Å². The second-order valence-corrected chi connectivity index (χ2v) is 7.41. The zero-order chi connectivity index (χ0) is 13.6. The molecule has 0 aromatic carbocycles. The number of alkyl halides is 5. The van der Waals surface area contributed by atoms with E-state index in [0.29, 0.717) is 0 Å². The predicted octanol–water partition coefficient (Wildman–Crippen LogP) is 4.58. The summed E-state index contributed by atoms with van der Waals surface area (Å²) in [5, 5.41) is -0.355. The molecule has 0 aromatic heterocycles. The molecule has 0 amide bonds. The second kappa shape index (κ2) is 4.97. The van der Waals surface area contributed by atoms with Crippen molar-refractivity contribution in [1.82, 2.24) is 0 Å². The van der Waals surface area contributed by atoms with Gasteiger partial charge in [-0.05, 0) is 0 Å². The highest BCUT2D eigenvalue weighted by atomic mass is 35.5. The standard InChI is InChI=1S/C8H5Cl7O2/c1-3(16)17-2-6(11)4(9)5(10)7(12,13)8(6,14)15/h2H2,1H3. The van der Waals surface area contributed by atoms with Gasteiger partial charge in [-0.2, -0.15) is 0 Å². The van der Waals surface area contributed by atoms with Crippen LogP contribution in [0.4, 0.5) is 0 Å². The van der Waals surface area contributed by atoms with E-state index < -0.39 is 26.1 Å². The third kappa shape index (κ3) is 2.35. The summed E-state index contributed by atoms with van der Waals surface area (Å²) in [5.41, 5.74) is 0. The lowest BCUT2D eigenvalue weighted by Crippen LogP contribution is -2.50. The first kappa shape index (κ1) is 16.3. The number of rotatable bonds is 2. The van der Waals surface area contributed by atoms with Gasteiger partial charge in [0.25, 0.3) is 0 Å². The first-order valence-corrected chi connectivity index (χ1v) is 6.77. The molecule has 1 aliphatic rings. The van der Waals surface area contributed by atoms with Gasteiger partial charge >= 0.3 is 5.97 Å².